The molecule has 1 heterocycles. The summed E-state index contributed by atoms with van der Waals surface area (Å²) >= 11 is 3.56. The van der Waals surface area contributed by atoms with Crippen LogP contribution in [0, 0.1) is 5.92 Å². The SMILES string of the molecule is COc1ccc(CN2CC(C(=O)O)CCC2C)c(Br)c1. The third-order valence-electron chi connectivity index (χ3n) is 3.99. The van der Waals surface area contributed by atoms with Crippen molar-refractivity contribution >= 4 is 21.9 Å². The van der Waals surface area contributed by atoms with Gasteiger partial charge in [0.15, 0.2) is 0 Å². The monoisotopic (exact) mass is 341 g/mol. The standard InChI is InChI=1S/C15H20BrNO3/c1-10-3-4-12(15(18)19)9-17(10)8-11-5-6-13(20-2)7-14(11)16/h5-7,10,12H,3-4,8-9H2,1-2H3,(H,18,19). The maximum atomic E-state index is 11.2. The van der Waals surface area contributed by atoms with Crippen LogP contribution in [0.4, 0.5) is 0 Å². The number of halogens is 1. The van der Waals surface area contributed by atoms with E-state index in [1.165, 1.54) is 0 Å². The van der Waals surface area contributed by atoms with Crippen molar-refractivity contribution in [2.24, 2.45) is 5.92 Å². The van der Waals surface area contributed by atoms with Gasteiger partial charge in [0.05, 0.1) is 13.0 Å². The number of hydrogen-bond donors (Lipinski definition) is 1. The van der Waals surface area contributed by atoms with Gasteiger partial charge < -0.3 is 9.84 Å². The number of carboxylic acids is 1. The Balaban J connectivity index is 2.09. The molecule has 1 N–H and O–H groups in total. The molecule has 0 aromatic heterocycles. The van der Waals surface area contributed by atoms with Crippen molar-refractivity contribution in [2.75, 3.05) is 13.7 Å². The lowest BCUT2D eigenvalue weighted by atomic mass is 9.93. The first kappa shape index (κ1) is 15.3. The molecule has 1 fully saturated rings. The number of piperidine rings is 1. The minimum atomic E-state index is -0.685. The molecule has 2 unspecified atom stereocenters. The van der Waals surface area contributed by atoms with Gasteiger partial charge in [-0.15, -0.1) is 0 Å². The van der Waals surface area contributed by atoms with Gasteiger partial charge in [-0.3, -0.25) is 9.69 Å². The number of hydrogen-bond acceptors (Lipinski definition) is 3. The van der Waals surface area contributed by atoms with Gasteiger partial charge >= 0.3 is 5.97 Å². The average molecular weight is 342 g/mol. The largest absolute Gasteiger partial charge is 0.497 e. The second-order valence-corrected chi connectivity index (χ2v) is 6.20. The van der Waals surface area contributed by atoms with E-state index in [0.717, 1.165) is 35.2 Å². The summed E-state index contributed by atoms with van der Waals surface area (Å²) in [6.45, 7) is 3.54. The Hall–Kier alpha value is -1.07. The van der Waals surface area contributed by atoms with E-state index in [1.54, 1.807) is 7.11 Å². The van der Waals surface area contributed by atoms with Crippen LogP contribution in [0.2, 0.25) is 0 Å². The van der Waals surface area contributed by atoms with Crippen LogP contribution in [0.1, 0.15) is 25.3 Å². The number of likely N-dealkylation sites (tertiary alicyclic amines) is 1. The highest BCUT2D eigenvalue weighted by Crippen LogP contribution is 2.28. The molecule has 20 heavy (non-hydrogen) atoms. The highest BCUT2D eigenvalue weighted by Gasteiger charge is 2.29. The zero-order chi connectivity index (χ0) is 14.7. The summed E-state index contributed by atoms with van der Waals surface area (Å²) in [5, 5.41) is 9.18. The summed E-state index contributed by atoms with van der Waals surface area (Å²) in [6.07, 6.45) is 1.71. The smallest absolute Gasteiger partial charge is 0.307 e. The molecule has 1 saturated heterocycles. The molecule has 4 nitrogen and oxygen atoms in total. The van der Waals surface area contributed by atoms with Crippen molar-refractivity contribution in [2.45, 2.75) is 32.4 Å². The highest BCUT2D eigenvalue weighted by molar-refractivity contribution is 9.10. The Morgan fingerprint density at radius 3 is 2.85 bits per heavy atom. The van der Waals surface area contributed by atoms with Crippen LogP contribution in [0.25, 0.3) is 0 Å². The molecule has 2 atom stereocenters. The average Bonchev–Trinajstić information content (AvgIpc) is 2.42. The molecular formula is C15H20BrNO3. The Morgan fingerprint density at radius 2 is 2.25 bits per heavy atom. The number of carbonyl (C=O) groups is 1. The van der Waals surface area contributed by atoms with Gasteiger partial charge in [-0.05, 0) is 37.5 Å². The predicted molar refractivity (Wildman–Crippen MR) is 80.9 cm³/mol. The quantitative estimate of drug-likeness (QED) is 0.913. The lowest BCUT2D eigenvalue weighted by Gasteiger charge is -2.36. The van der Waals surface area contributed by atoms with Gasteiger partial charge in [-0.25, -0.2) is 0 Å². The molecule has 0 bridgehead atoms. The van der Waals surface area contributed by atoms with Gasteiger partial charge in [0.1, 0.15) is 5.75 Å². The number of benzene rings is 1. The van der Waals surface area contributed by atoms with Crippen molar-refractivity contribution in [3.05, 3.63) is 28.2 Å². The summed E-state index contributed by atoms with van der Waals surface area (Å²) in [7, 11) is 1.64. The van der Waals surface area contributed by atoms with Gasteiger partial charge in [0.2, 0.25) is 0 Å². The van der Waals surface area contributed by atoms with E-state index in [-0.39, 0.29) is 5.92 Å². The Kier molecular flexibility index (Phi) is 5.05. The van der Waals surface area contributed by atoms with Crippen LogP contribution < -0.4 is 4.74 Å². The van der Waals surface area contributed by atoms with Crippen molar-refractivity contribution in [1.82, 2.24) is 4.90 Å². The third kappa shape index (κ3) is 3.52. The van der Waals surface area contributed by atoms with E-state index < -0.39 is 5.97 Å². The van der Waals surface area contributed by atoms with Crippen molar-refractivity contribution < 1.29 is 14.6 Å². The summed E-state index contributed by atoms with van der Waals surface area (Å²) in [6, 6.07) is 6.32. The number of nitrogens with zero attached hydrogens (tertiary/aromatic N) is 1. The minimum absolute atomic E-state index is 0.247. The summed E-state index contributed by atoms with van der Waals surface area (Å²) in [4.78, 5) is 13.4. The van der Waals surface area contributed by atoms with Gasteiger partial charge in [0, 0.05) is 23.6 Å². The molecule has 1 aromatic carbocycles. The molecule has 0 amide bonds. The predicted octanol–water partition coefficient (Wildman–Crippen LogP) is 3.14. The van der Waals surface area contributed by atoms with E-state index >= 15 is 0 Å². The maximum absolute atomic E-state index is 11.2. The maximum Gasteiger partial charge on any atom is 0.307 e. The minimum Gasteiger partial charge on any atom is -0.497 e. The fourth-order valence-corrected chi connectivity index (χ4v) is 3.09. The molecule has 2 rings (SSSR count). The molecule has 0 saturated carbocycles. The molecular weight excluding hydrogens is 322 g/mol. The van der Waals surface area contributed by atoms with Crippen LogP contribution in [-0.4, -0.2) is 35.7 Å². The third-order valence-corrected chi connectivity index (χ3v) is 4.73. The molecule has 1 aliphatic heterocycles. The Bertz CT molecular complexity index is 492. The topological polar surface area (TPSA) is 49.8 Å². The first-order chi connectivity index (χ1) is 9.51. The van der Waals surface area contributed by atoms with Gasteiger partial charge in [-0.1, -0.05) is 22.0 Å². The van der Waals surface area contributed by atoms with Crippen LogP contribution in [0.5, 0.6) is 5.75 Å². The Labute approximate surface area is 127 Å². The lowest BCUT2D eigenvalue weighted by molar-refractivity contribution is -0.144. The summed E-state index contributed by atoms with van der Waals surface area (Å²) in [5.74, 6) is -0.116. The molecule has 5 heteroatoms. The zero-order valence-corrected chi connectivity index (χ0v) is 13.4. The van der Waals surface area contributed by atoms with Crippen LogP contribution in [0.15, 0.2) is 22.7 Å². The van der Waals surface area contributed by atoms with Crippen molar-refractivity contribution in [3.8, 4) is 5.75 Å². The van der Waals surface area contributed by atoms with Crippen molar-refractivity contribution in [1.29, 1.82) is 0 Å². The summed E-state index contributed by atoms with van der Waals surface area (Å²) < 4.78 is 6.19. The Morgan fingerprint density at radius 1 is 1.50 bits per heavy atom. The van der Waals surface area contributed by atoms with E-state index in [9.17, 15) is 9.90 Å². The molecule has 1 aromatic rings. The van der Waals surface area contributed by atoms with Gasteiger partial charge in [-0.2, -0.15) is 0 Å². The number of aliphatic carboxylic acids is 1. The molecule has 0 radical (unpaired) electrons. The number of rotatable bonds is 4. The first-order valence-corrected chi connectivity index (χ1v) is 7.60. The molecule has 1 aliphatic rings. The van der Waals surface area contributed by atoms with Crippen LogP contribution in [0.3, 0.4) is 0 Å². The van der Waals surface area contributed by atoms with Crippen LogP contribution in [-0.2, 0) is 11.3 Å². The van der Waals surface area contributed by atoms with Gasteiger partial charge in [0.25, 0.3) is 0 Å². The molecule has 110 valence electrons. The number of methoxy groups -OCH3 is 1. The molecule has 0 aliphatic carbocycles. The molecule has 0 spiro atoms. The fourth-order valence-electron chi connectivity index (χ4n) is 2.60. The number of ether oxygens (including phenoxy) is 1. The highest BCUT2D eigenvalue weighted by atomic mass is 79.9. The zero-order valence-electron chi connectivity index (χ0n) is 11.8. The second-order valence-electron chi connectivity index (χ2n) is 5.35. The van der Waals surface area contributed by atoms with E-state index in [2.05, 4.69) is 27.8 Å². The fraction of sp³-hybridized carbons (Fsp3) is 0.533. The van der Waals surface area contributed by atoms with Crippen LogP contribution >= 0.6 is 15.9 Å². The van der Waals surface area contributed by atoms with E-state index in [0.29, 0.717) is 12.6 Å². The second kappa shape index (κ2) is 6.59. The normalized spacial score (nSPS) is 23.6. The summed E-state index contributed by atoms with van der Waals surface area (Å²) in [5.41, 5.74) is 1.16. The number of carboxylic acid groups (broad SMARTS) is 1. The first-order valence-electron chi connectivity index (χ1n) is 6.80. The van der Waals surface area contributed by atoms with Crippen molar-refractivity contribution in [3.63, 3.8) is 0 Å². The van der Waals surface area contributed by atoms with E-state index in [1.807, 2.05) is 18.2 Å². The van der Waals surface area contributed by atoms with E-state index in [4.69, 9.17) is 4.74 Å². The lowest BCUT2D eigenvalue weighted by Crippen LogP contribution is -2.43.